The van der Waals surface area contributed by atoms with Gasteiger partial charge in [-0.2, -0.15) is 0 Å². The lowest BCUT2D eigenvalue weighted by molar-refractivity contribution is -0.141. The summed E-state index contributed by atoms with van der Waals surface area (Å²) in [6.07, 6.45) is 1.30. The minimum atomic E-state index is 0.107. The molecule has 2 fully saturated rings. The first kappa shape index (κ1) is 16.2. The van der Waals surface area contributed by atoms with Crippen LogP contribution in [0.4, 0.5) is 0 Å². The maximum atomic E-state index is 11.9. The van der Waals surface area contributed by atoms with Gasteiger partial charge in [-0.05, 0) is 20.3 Å². The van der Waals surface area contributed by atoms with Gasteiger partial charge in [0, 0.05) is 30.8 Å². The predicted molar refractivity (Wildman–Crippen MR) is 88.3 cm³/mol. The second kappa shape index (κ2) is 6.86. The smallest absolute Gasteiger partial charge is 0.248 e. The molecular weight excluding hydrogens is 320 g/mol. The number of amides is 1. The molecule has 22 heavy (non-hydrogen) atoms. The second-order valence-corrected chi connectivity index (χ2v) is 8.43. The second-order valence-electron chi connectivity index (χ2n) is 5.88. The van der Waals surface area contributed by atoms with Crippen LogP contribution >= 0.6 is 23.1 Å². The molecule has 5 nitrogen and oxygen atoms in total. The standard InChI is InChI=1S/C15H22N2O3S2/c1-3-19-6-14(18)17-9-15(10-17)4-13(8-22-15)20-5-12-7-21-11(2)16-12/h7,13H,3-6,8-10H2,1-2H3. The molecule has 1 atom stereocenters. The Labute approximate surface area is 139 Å². The molecule has 1 aromatic heterocycles. The third-order valence-corrected chi connectivity index (χ3v) is 6.45. The summed E-state index contributed by atoms with van der Waals surface area (Å²) in [5.74, 6) is 1.12. The lowest BCUT2D eigenvalue weighted by Crippen LogP contribution is -2.61. The summed E-state index contributed by atoms with van der Waals surface area (Å²) in [5.41, 5.74) is 1.02. The third-order valence-electron chi connectivity index (χ3n) is 4.05. The van der Waals surface area contributed by atoms with E-state index in [4.69, 9.17) is 9.47 Å². The van der Waals surface area contributed by atoms with Gasteiger partial charge in [0.2, 0.25) is 5.91 Å². The number of carbonyl (C=O) groups excluding carboxylic acids is 1. The topological polar surface area (TPSA) is 51.7 Å². The number of hydrogen-bond donors (Lipinski definition) is 0. The molecule has 0 aromatic carbocycles. The van der Waals surface area contributed by atoms with Crippen LogP contribution in [0.25, 0.3) is 0 Å². The van der Waals surface area contributed by atoms with Crippen molar-refractivity contribution < 1.29 is 14.3 Å². The number of likely N-dealkylation sites (tertiary alicyclic amines) is 1. The third kappa shape index (κ3) is 3.64. The van der Waals surface area contributed by atoms with Gasteiger partial charge in [0.1, 0.15) is 6.61 Å². The summed E-state index contributed by atoms with van der Waals surface area (Å²) < 4.78 is 11.4. The summed E-state index contributed by atoms with van der Waals surface area (Å²) in [5, 5.41) is 3.14. The van der Waals surface area contributed by atoms with Gasteiger partial charge in [0.15, 0.2) is 0 Å². The van der Waals surface area contributed by atoms with Crippen molar-refractivity contribution in [1.29, 1.82) is 0 Å². The molecule has 1 amide bonds. The summed E-state index contributed by atoms with van der Waals surface area (Å²) in [7, 11) is 0. The first-order valence-corrected chi connectivity index (χ1v) is 9.49. The molecule has 0 bridgehead atoms. The molecule has 2 aliphatic rings. The van der Waals surface area contributed by atoms with E-state index < -0.39 is 0 Å². The van der Waals surface area contributed by atoms with Crippen molar-refractivity contribution in [2.45, 2.75) is 37.7 Å². The van der Waals surface area contributed by atoms with Crippen LogP contribution in [0.15, 0.2) is 5.38 Å². The average Bonchev–Trinajstić information content (AvgIpc) is 3.07. The van der Waals surface area contributed by atoms with Crippen molar-refractivity contribution in [2.75, 3.05) is 32.1 Å². The zero-order chi connectivity index (χ0) is 15.6. The van der Waals surface area contributed by atoms with E-state index in [0.29, 0.717) is 13.2 Å². The van der Waals surface area contributed by atoms with E-state index in [0.717, 1.165) is 36.0 Å². The van der Waals surface area contributed by atoms with Crippen LogP contribution in [-0.4, -0.2) is 58.7 Å². The van der Waals surface area contributed by atoms with Crippen LogP contribution in [0.5, 0.6) is 0 Å². The highest BCUT2D eigenvalue weighted by atomic mass is 32.2. The van der Waals surface area contributed by atoms with Crippen molar-refractivity contribution in [3.05, 3.63) is 16.1 Å². The van der Waals surface area contributed by atoms with Gasteiger partial charge in [0.25, 0.3) is 0 Å². The van der Waals surface area contributed by atoms with Crippen molar-refractivity contribution in [2.24, 2.45) is 0 Å². The van der Waals surface area contributed by atoms with E-state index in [-0.39, 0.29) is 23.4 Å². The highest BCUT2D eigenvalue weighted by molar-refractivity contribution is 8.01. The molecule has 2 aliphatic heterocycles. The van der Waals surface area contributed by atoms with Crippen LogP contribution in [0.1, 0.15) is 24.0 Å². The van der Waals surface area contributed by atoms with Crippen molar-refractivity contribution >= 4 is 29.0 Å². The van der Waals surface area contributed by atoms with Crippen LogP contribution < -0.4 is 0 Å². The van der Waals surface area contributed by atoms with E-state index in [2.05, 4.69) is 10.4 Å². The van der Waals surface area contributed by atoms with Gasteiger partial charge in [0.05, 0.1) is 28.2 Å². The number of rotatable bonds is 6. The fraction of sp³-hybridized carbons (Fsp3) is 0.733. The first-order chi connectivity index (χ1) is 10.6. The van der Waals surface area contributed by atoms with Crippen molar-refractivity contribution in [3.63, 3.8) is 0 Å². The number of ether oxygens (including phenoxy) is 2. The van der Waals surface area contributed by atoms with Crippen LogP contribution in [0.3, 0.4) is 0 Å². The Hall–Kier alpha value is -0.630. The lowest BCUT2D eigenvalue weighted by Gasteiger charge is -2.47. The minimum Gasteiger partial charge on any atom is -0.372 e. The van der Waals surface area contributed by atoms with Gasteiger partial charge < -0.3 is 14.4 Å². The molecular formula is C15H22N2O3S2. The average molecular weight is 342 g/mol. The molecule has 2 saturated heterocycles. The van der Waals surface area contributed by atoms with E-state index in [1.54, 1.807) is 11.3 Å². The summed E-state index contributed by atoms with van der Waals surface area (Å²) in [4.78, 5) is 18.2. The Balaban J connectivity index is 1.41. The van der Waals surface area contributed by atoms with Crippen molar-refractivity contribution in [1.82, 2.24) is 9.88 Å². The highest BCUT2D eigenvalue weighted by Crippen LogP contribution is 2.46. The number of thiazole rings is 1. The molecule has 1 unspecified atom stereocenters. The fourth-order valence-corrected chi connectivity index (χ4v) is 5.06. The fourth-order valence-electron chi connectivity index (χ4n) is 2.91. The summed E-state index contributed by atoms with van der Waals surface area (Å²) in [6, 6.07) is 0. The molecule has 1 spiro atoms. The Morgan fingerprint density at radius 2 is 2.36 bits per heavy atom. The Bertz CT molecular complexity index is 529. The number of thioether (sulfide) groups is 1. The Kier molecular flexibility index (Phi) is 5.07. The first-order valence-electron chi connectivity index (χ1n) is 7.62. The van der Waals surface area contributed by atoms with Crippen molar-refractivity contribution in [3.8, 4) is 0 Å². The Morgan fingerprint density at radius 3 is 3.05 bits per heavy atom. The number of aryl methyl sites for hydroxylation is 1. The number of aromatic nitrogens is 1. The molecule has 122 valence electrons. The van der Waals surface area contributed by atoms with Gasteiger partial charge in [-0.3, -0.25) is 4.79 Å². The van der Waals surface area contributed by atoms with Crippen LogP contribution in [-0.2, 0) is 20.9 Å². The Morgan fingerprint density at radius 1 is 1.55 bits per heavy atom. The monoisotopic (exact) mass is 342 g/mol. The molecule has 1 aromatic rings. The maximum absolute atomic E-state index is 11.9. The molecule has 0 N–H and O–H groups in total. The largest absolute Gasteiger partial charge is 0.372 e. The number of hydrogen-bond acceptors (Lipinski definition) is 6. The van der Waals surface area contributed by atoms with Gasteiger partial charge >= 0.3 is 0 Å². The molecule has 0 aliphatic carbocycles. The van der Waals surface area contributed by atoms with Gasteiger partial charge in [-0.15, -0.1) is 23.1 Å². The normalized spacial score (nSPS) is 23.0. The molecule has 7 heteroatoms. The summed E-state index contributed by atoms with van der Waals surface area (Å²) in [6.45, 7) is 6.98. The molecule has 3 rings (SSSR count). The van der Waals surface area contributed by atoms with Crippen LogP contribution in [0.2, 0.25) is 0 Å². The van der Waals surface area contributed by atoms with E-state index >= 15 is 0 Å². The van der Waals surface area contributed by atoms with E-state index in [9.17, 15) is 4.79 Å². The molecule has 0 saturated carbocycles. The molecule has 3 heterocycles. The maximum Gasteiger partial charge on any atom is 0.248 e. The quantitative estimate of drug-likeness (QED) is 0.792. The SMILES string of the molecule is CCOCC(=O)N1CC2(CC(OCc3csc(C)n3)CS2)C1. The minimum absolute atomic E-state index is 0.107. The van der Waals surface area contributed by atoms with Crippen LogP contribution in [0, 0.1) is 6.92 Å². The zero-order valence-electron chi connectivity index (χ0n) is 13.0. The zero-order valence-corrected chi connectivity index (χ0v) is 14.7. The number of carbonyl (C=O) groups is 1. The lowest BCUT2D eigenvalue weighted by atomic mass is 9.93. The number of nitrogens with zero attached hydrogens (tertiary/aromatic N) is 2. The van der Waals surface area contributed by atoms with Gasteiger partial charge in [-0.1, -0.05) is 0 Å². The van der Waals surface area contributed by atoms with Gasteiger partial charge in [-0.25, -0.2) is 4.98 Å². The van der Waals surface area contributed by atoms with E-state index in [1.807, 2.05) is 30.5 Å². The highest BCUT2D eigenvalue weighted by Gasteiger charge is 2.50. The molecule has 0 radical (unpaired) electrons. The van der Waals surface area contributed by atoms with E-state index in [1.165, 1.54) is 0 Å². The predicted octanol–water partition coefficient (Wildman–Crippen LogP) is 2.09. The summed E-state index contributed by atoms with van der Waals surface area (Å²) >= 11 is 3.61.